The zero-order chi connectivity index (χ0) is 19.9. The van der Waals surface area contributed by atoms with Crippen LogP contribution in [-0.4, -0.2) is 39.5 Å². The number of ketones is 1. The van der Waals surface area contributed by atoms with Crippen molar-refractivity contribution >= 4 is 15.6 Å². The minimum Gasteiger partial charge on any atom is -0.380 e. The number of alkyl halides is 3. The van der Waals surface area contributed by atoms with Crippen molar-refractivity contribution < 1.29 is 26.4 Å². The first kappa shape index (κ1) is 20.0. The van der Waals surface area contributed by atoms with Crippen molar-refractivity contribution in [2.45, 2.75) is 23.9 Å². The second-order valence-corrected chi connectivity index (χ2v) is 8.33. The van der Waals surface area contributed by atoms with Crippen LogP contribution in [0.15, 0.2) is 34.4 Å². The lowest BCUT2D eigenvalue weighted by atomic mass is 9.99. The number of carbonyl (C=O) groups is 1. The molecule has 0 N–H and O–H groups in total. The molecule has 0 amide bonds. The van der Waals surface area contributed by atoms with Gasteiger partial charge in [0.2, 0.25) is 5.78 Å². The van der Waals surface area contributed by atoms with Crippen LogP contribution in [0.4, 0.5) is 13.2 Å². The molecule has 1 fully saturated rings. The molecule has 0 atom stereocenters. The van der Waals surface area contributed by atoms with Gasteiger partial charge < -0.3 is 4.90 Å². The summed E-state index contributed by atoms with van der Waals surface area (Å²) in [6.07, 6.45) is -2.45. The maximum Gasteiger partial charge on any atom is 0.416 e. The Labute approximate surface area is 149 Å². The van der Waals surface area contributed by atoms with E-state index in [0.29, 0.717) is 17.8 Å². The van der Waals surface area contributed by atoms with Gasteiger partial charge in [-0.2, -0.15) is 18.4 Å². The Balaban J connectivity index is 2.69. The summed E-state index contributed by atoms with van der Waals surface area (Å²) < 4.78 is 62.7. The van der Waals surface area contributed by atoms with Gasteiger partial charge in [-0.05, 0) is 31.0 Å². The third-order valence-corrected chi connectivity index (χ3v) is 5.13. The molecule has 5 nitrogen and oxygen atoms in total. The molecule has 0 bridgehead atoms. The van der Waals surface area contributed by atoms with E-state index in [-0.39, 0.29) is 11.5 Å². The van der Waals surface area contributed by atoms with Gasteiger partial charge in [-0.1, -0.05) is 0 Å². The molecular formula is C17H17F3N2O3S. The monoisotopic (exact) mass is 386 g/mol. The Morgan fingerprint density at radius 2 is 1.85 bits per heavy atom. The minimum atomic E-state index is -4.75. The van der Waals surface area contributed by atoms with Crippen molar-refractivity contribution in [3.63, 3.8) is 0 Å². The number of carbonyl (C=O) groups excluding carboxylic acids is 1. The lowest BCUT2D eigenvalue weighted by Crippen LogP contribution is -2.20. The number of hydrogen-bond donors (Lipinski definition) is 0. The quantitative estimate of drug-likeness (QED) is 0.442. The number of nitrogens with zero attached hydrogens (tertiary/aromatic N) is 2. The van der Waals surface area contributed by atoms with Gasteiger partial charge in [0.15, 0.2) is 9.84 Å². The molecule has 9 heteroatoms. The van der Waals surface area contributed by atoms with Crippen molar-refractivity contribution in [1.82, 2.24) is 4.90 Å². The summed E-state index contributed by atoms with van der Waals surface area (Å²) in [6, 6.07) is 3.69. The van der Waals surface area contributed by atoms with Gasteiger partial charge in [0.05, 0.1) is 10.5 Å². The topological polar surface area (TPSA) is 78.2 Å². The molecule has 1 saturated carbocycles. The summed E-state index contributed by atoms with van der Waals surface area (Å²) >= 11 is 0. The highest BCUT2D eigenvalue weighted by Gasteiger charge is 2.36. The fraction of sp³-hybridized carbons (Fsp3) is 0.412. The molecule has 1 aromatic rings. The Hall–Kier alpha value is -2.34. The molecule has 0 radical (unpaired) electrons. The molecular weight excluding hydrogens is 369 g/mol. The van der Waals surface area contributed by atoms with Gasteiger partial charge in [-0.3, -0.25) is 4.79 Å². The summed E-state index contributed by atoms with van der Waals surface area (Å²) in [7, 11) is -0.810. The number of hydrogen-bond acceptors (Lipinski definition) is 5. The molecule has 1 aromatic carbocycles. The second-order valence-electron chi connectivity index (χ2n) is 6.35. The summed E-state index contributed by atoms with van der Waals surface area (Å²) in [6.45, 7) is 0. The number of benzene rings is 1. The molecule has 1 aliphatic rings. The first-order valence-corrected chi connectivity index (χ1v) is 9.54. The zero-order valence-electron chi connectivity index (χ0n) is 14.4. The third-order valence-electron chi connectivity index (χ3n) is 3.99. The van der Waals surface area contributed by atoms with E-state index in [2.05, 4.69) is 0 Å². The van der Waals surface area contributed by atoms with E-state index in [1.807, 2.05) is 0 Å². The van der Waals surface area contributed by atoms with Gasteiger partial charge >= 0.3 is 6.18 Å². The lowest BCUT2D eigenvalue weighted by molar-refractivity contribution is -0.137. The molecule has 0 unspecified atom stereocenters. The number of sulfone groups is 1. The number of rotatable bonds is 5. The average Bonchev–Trinajstić information content (AvgIpc) is 3.33. The second kappa shape index (κ2) is 6.76. The minimum absolute atomic E-state index is 0.0136. The molecule has 1 aliphatic carbocycles. The standard InChI is InChI=1S/C17H17F3N2O3S/c1-22(2)15(10-4-5-10)13(9-21)16(23)12-7-6-11(17(18,19)20)8-14(12)26(3,24)25/h6-8,10H,4-5H2,1-3H3/b15-13+. The molecule has 26 heavy (non-hydrogen) atoms. The summed E-state index contributed by atoms with van der Waals surface area (Å²) in [5.41, 5.74) is -1.39. The molecule has 2 rings (SSSR count). The normalized spacial score (nSPS) is 15.9. The molecule has 0 spiro atoms. The predicted octanol–water partition coefficient (Wildman–Crippen LogP) is 3.04. The van der Waals surface area contributed by atoms with Crippen LogP contribution in [0.1, 0.15) is 28.8 Å². The van der Waals surface area contributed by atoms with Crippen LogP contribution < -0.4 is 0 Å². The van der Waals surface area contributed by atoms with Crippen LogP contribution in [-0.2, 0) is 16.0 Å². The average molecular weight is 386 g/mol. The molecule has 140 valence electrons. The molecule has 0 aromatic heterocycles. The van der Waals surface area contributed by atoms with Crippen molar-refractivity contribution in [3.8, 4) is 6.07 Å². The SMILES string of the molecule is CN(C)/C(=C(\C#N)C(=O)c1ccc(C(F)(F)F)cc1S(C)(=O)=O)C1CC1. The van der Waals surface area contributed by atoms with E-state index in [0.717, 1.165) is 25.2 Å². The fourth-order valence-corrected chi connectivity index (χ4v) is 3.60. The van der Waals surface area contributed by atoms with Gasteiger partial charge in [-0.25, -0.2) is 8.42 Å². The van der Waals surface area contributed by atoms with Crippen molar-refractivity contribution in [2.24, 2.45) is 5.92 Å². The highest BCUT2D eigenvalue weighted by molar-refractivity contribution is 7.90. The van der Waals surface area contributed by atoms with E-state index >= 15 is 0 Å². The smallest absolute Gasteiger partial charge is 0.380 e. The van der Waals surface area contributed by atoms with E-state index in [4.69, 9.17) is 0 Å². The summed E-state index contributed by atoms with van der Waals surface area (Å²) in [5.74, 6) is -0.878. The van der Waals surface area contributed by atoms with Crippen LogP contribution in [0.25, 0.3) is 0 Å². The van der Waals surface area contributed by atoms with Crippen LogP contribution in [0, 0.1) is 17.2 Å². The first-order valence-electron chi connectivity index (χ1n) is 7.65. The van der Waals surface area contributed by atoms with Gasteiger partial charge in [-0.15, -0.1) is 0 Å². The van der Waals surface area contributed by atoms with E-state index in [1.54, 1.807) is 25.1 Å². The number of halogens is 3. The Bertz CT molecular complexity index is 918. The summed E-state index contributed by atoms with van der Waals surface area (Å²) in [5, 5.41) is 9.45. The van der Waals surface area contributed by atoms with E-state index in [1.165, 1.54) is 0 Å². The lowest BCUT2D eigenvalue weighted by Gasteiger charge is -2.19. The maximum absolute atomic E-state index is 12.9. The molecule has 0 heterocycles. The van der Waals surface area contributed by atoms with Gasteiger partial charge in [0, 0.05) is 37.5 Å². The Kier molecular flexibility index (Phi) is 5.19. The third kappa shape index (κ3) is 4.07. The number of Topliss-reactive ketones (excluding diaryl/α,β-unsaturated/α-hetero) is 1. The Morgan fingerprint density at radius 3 is 2.23 bits per heavy atom. The van der Waals surface area contributed by atoms with Crippen molar-refractivity contribution in [2.75, 3.05) is 20.4 Å². The van der Waals surface area contributed by atoms with E-state index in [9.17, 15) is 31.6 Å². The van der Waals surface area contributed by atoms with Crippen LogP contribution >= 0.6 is 0 Å². The van der Waals surface area contributed by atoms with E-state index < -0.39 is 37.8 Å². The van der Waals surface area contributed by atoms with Gasteiger partial charge in [0.25, 0.3) is 0 Å². The van der Waals surface area contributed by atoms with Crippen LogP contribution in [0.2, 0.25) is 0 Å². The van der Waals surface area contributed by atoms with Crippen molar-refractivity contribution in [1.29, 1.82) is 5.26 Å². The number of allylic oxidation sites excluding steroid dienone is 2. The fourth-order valence-electron chi connectivity index (χ4n) is 2.70. The first-order chi connectivity index (χ1) is 11.9. The zero-order valence-corrected chi connectivity index (χ0v) is 15.2. The predicted molar refractivity (Wildman–Crippen MR) is 87.9 cm³/mol. The van der Waals surface area contributed by atoms with Crippen LogP contribution in [0.5, 0.6) is 0 Å². The maximum atomic E-state index is 12.9. The summed E-state index contributed by atoms with van der Waals surface area (Å²) in [4.78, 5) is 13.7. The number of nitriles is 1. The van der Waals surface area contributed by atoms with Crippen LogP contribution in [0.3, 0.4) is 0 Å². The highest BCUT2D eigenvalue weighted by atomic mass is 32.2. The molecule has 0 saturated heterocycles. The highest BCUT2D eigenvalue weighted by Crippen LogP contribution is 2.40. The molecule has 0 aliphatic heterocycles. The largest absolute Gasteiger partial charge is 0.416 e. The van der Waals surface area contributed by atoms with Crippen molar-refractivity contribution in [3.05, 3.63) is 40.6 Å². The Morgan fingerprint density at radius 1 is 1.27 bits per heavy atom. The van der Waals surface area contributed by atoms with Gasteiger partial charge in [0.1, 0.15) is 11.6 Å².